The molecule has 5 aromatic carbocycles. The van der Waals surface area contributed by atoms with Gasteiger partial charge in [-0.15, -0.1) is 0 Å². The van der Waals surface area contributed by atoms with E-state index in [4.69, 9.17) is 18.9 Å². The number of phenolic OH excluding ortho intramolecular Hbond substituents is 5. The Labute approximate surface area is 295 Å². The Balaban J connectivity index is 1.13. The van der Waals surface area contributed by atoms with Crippen molar-refractivity contribution < 1.29 is 44.5 Å². The van der Waals surface area contributed by atoms with Gasteiger partial charge in [-0.25, -0.2) is 0 Å². The number of phenols is 5. The lowest BCUT2D eigenvalue weighted by atomic mass is 9.81. The van der Waals surface area contributed by atoms with Gasteiger partial charge < -0.3 is 44.5 Å². The number of hydrogen-bond acceptors (Lipinski definition) is 9. The molecule has 9 nitrogen and oxygen atoms in total. The molecule has 3 aliphatic rings. The third-order valence-electron chi connectivity index (χ3n) is 10.5. The molecule has 1 fully saturated rings. The van der Waals surface area contributed by atoms with E-state index in [9.17, 15) is 25.5 Å². The first kappa shape index (κ1) is 32.5. The van der Waals surface area contributed by atoms with Crippen LogP contribution in [0.4, 0.5) is 0 Å². The fraction of sp³-hybridized carbons (Fsp3) is 0.286. The van der Waals surface area contributed by atoms with Gasteiger partial charge in [0.25, 0.3) is 0 Å². The average molecular weight is 689 g/mol. The van der Waals surface area contributed by atoms with Crippen LogP contribution in [0.25, 0.3) is 0 Å². The molecule has 51 heavy (non-hydrogen) atoms. The summed E-state index contributed by atoms with van der Waals surface area (Å²) in [7, 11) is 0. The summed E-state index contributed by atoms with van der Waals surface area (Å²) in [6.07, 6.45) is 7.44. The van der Waals surface area contributed by atoms with Crippen LogP contribution in [0.1, 0.15) is 88.1 Å². The monoisotopic (exact) mass is 688 g/mol. The fourth-order valence-corrected chi connectivity index (χ4v) is 7.76. The standard InChI is InChI=1S/C42H40O9/c43-36-30(14-25-10-4-6-12-27(25)16-32-20-34-41(50-22-48-34)39(46)37(32)44)18-29(24-8-2-1-3-9-24)19-31(36)15-26-11-5-7-13-28(26)17-33-21-35-42(51-23-49-35)40(47)38(33)45/h4-7,10-13,18-21,24,43-47H,1-3,8-9,14-17,22-23H2. The van der Waals surface area contributed by atoms with Crippen LogP contribution < -0.4 is 18.9 Å². The van der Waals surface area contributed by atoms with Crippen molar-refractivity contribution in [2.75, 3.05) is 13.6 Å². The lowest BCUT2D eigenvalue weighted by Crippen LogP contribution is -2.08. The Kier molecular flexibility index (Phi) is 8.63. The first-order valence-electron chi connectivity index (χ1n) is 17.5. The molecule has 2 heterocycles. The number of benzene rings is 5. The summed E-state index contributed by atoms with van der Waals surface area (Å²) in [6.45, 7) is -0.0352. The Morgan fingerprint density at radius 1 is 0.431 bits per heavy atom. The van der Waals surface area contributed by atoms with Crippen molar-refractivity contribution in [2.45, 2.75) is 63.7 Å². The number of aromatic hydroxyl groups is 5. The lowest BCUT2D eigenvalue weighted by molar-refractivity contribution is 0.171. The van der Waals surface area contributed by atoms with E-state index in [1.54, 1.807) is 12.1 Å². The fourth-order valence-electron chi connectivity index (χ4n) is 7.76. The second kappa shape index (κ2) is 13.5. The minimum absolute atomic E-state index is 0.0176. The molecule has 262 valence electrons. The molecule has 0 unspecified atom stereocenters. The number of hydrogen-bond donors (Lipinski definition) is 5. The molecule has 2 aliphatic heterocycles. The van der Waals surface area contributed by atoms with Crippen molar-refractivity contribution >= 4 is 0 Å². The van der Waals surface area contributed by atoms with E-state index in [0.717, 1.165) is 46.2 Å². The van der Waals surface area contributed by atoms with E-state index in [1.807, 2.05) is 48.5 Å². The first-order chi connectivity index (χ1) is 24.8. The summed E-state index contributed by atoms with van der Waals surface area (Å²) in [5, 5.41) is 54.7. The largest absolute Gasteiger partial charge is 0.507 e. The van der Waals surface area contributed by atoms with Crippen molar-refractivity contribution in [1.82, 2.24) is 0 Å². The van der Waals surface area contributed by atoms with Crippen LogP contribution in [-0.2, 0) is 25.7 Å². The maximum absolute atomic E-state index is 12.0. The molecule has 0 amide bonds. The SMILES string of the molecule is Oc1c(Cc2ccccc2Cc2cc3c(c(O)c2O)OCO3)cc(C2CCCCC2)cc1Cc1ccccc1Cc1cc2c(c(O)c1O)OCO2. The van der Waals surface area contributed by atoms with Crippen molar-refractivity contribution in [2.24, 2.45) is 0 Å². The zero-order valence-electron chi connectivity index (χ0n) is 28.2. The third kappa shape index (κ3) is 6.29. The maximum Gasteiger partial charge on any atom is 0.231 e. The van der Waals surface area contributed by atoms with E-state index in [1.165, 1.54) is 24.8 Å². The van der Waals surface area contributed by atoms with E-state index in [2.05, 4.69) is 12.1 Å². The van der Waals surface area contributed by atoms with Gasteiger partial charge in [-0.2, -0.15) is 0 Å². The van der Waals surface area contributed by atoms with Gasteiger partial charge >= 0.3 is 0 Å². The molecule has 0 saturated heterocycles. The van der Waals surface area contributed by atoms with Crippen LogP contribution >= 0.6 is 0 Å². The molecule has 9 heteroatoms. The van der Waals surface area contributed by atoms with Gasteiger partial charge in [-0.05, 0) is 69.8 Å². The zero-order chi connectivity index (χ0) is 35.1. The molecular weight excluding hydrogens is 648 g/mol. The minimum Gasteiger partial charge on any atom is -0.507 e. The molecular formula is C42H40O9. The Hall–Kier alpha value is -5.70. The maximum atomic E-state index is 12.0. The summed E-state index contributed by atoms with van der Waals surface area (Å²) >= 11 is 0. The Morgan fingerprint density at radius 3 is 1.24 bits per heavy atom. The van der Waals surface area contributed by atoms with Crippen molar-refractivity contribution in [1.29, 1.82) is 0 Å². The minimum atomic E-state index is -0.328. The number of fused-ring (bicyclic) bond motifs is 2. The summed E-state index contributed by atoms with van der Waals surface area (Å²) in [5.74, 6) is 0.607. The summed E-state index contributed by atoms with van der Waals surface area (Å²) in [6, 6.07) is 23.6. The highest BCUT2D eigenvalue weighted by atomic mass is 16.7. The second-order valence-corrected chi connectivity index (χ2v) is 13.7. The van der Waals surface area contributed by atoms with Gasteiger partial charge in [-0.3, -0.25) is 0 Å². The molecule has 0 spiro atoms. The Bertz CT molecular complexity index is 1980. The van der Waals surface area contributed by atoms with Crippen LogP contribution in [0.3, 0.4) is 0 Å². The van der Waals surface area contributed by atoms with Crippen LogP contribution in [0.15, 0.2) is 72.8 Å². The molecule has 5 N–H and O–H groups in total. The van der Waals surface area contributed by atoms with Crippen LogP contribution in [-0.4, -0.2) is 39.1 Å². The molecule has 0 bridgehead atoms. The first-order valence-corrected chi connectivity index (χ1v) is 17.5. The number of ether oxygens (including phenoxy) is 4. The van der Waals surface area contributed by atoms with Gasteiger partial charge in [0.05, 0.1) is 0 Å². The van der Waals surface area contributed by atoms with Gasteiger partial charge in [-0.1, -0.05) is 79.9 Å². The predicted octanol–water partition coefficient (Wildman–Crippen LogP) is 8.08. The number of rotatable bonds is 9. The lowest BCUT2D eigenvalue weighted by Gasteiger charge is -2.24. The molecule has 8 rings (SSSR count). The van der Waals surface area contributed by atoms with E-state index in [0.29, 0.717) is 54.2 Å². The van der Waals surface area contributed by atoms with Crippen LogP contribution in [0.5, 0.6) is 51.7 Å². The zero-order valence-corrected chi connectivity index (χ0v) is 28.2. The molecule has 0 aromatic heterocycles. The Morgan fingerprint density at radius 2 is 0.824 bits per heavy atom. The van der Waals surface area contributed by atoms with Gasteiger partial charge in [0.1, 0.15) is 5.75 Å². The van der Waals surface area contributed by atoms with E-state index >= 15 is 0 Å². The molecule has 1 aliphatic carbocycles. The van der Waals surface area contributed by atoms with Crippen molar-refractivity contribution in [3.63, 3.8) is 0 Å². The second-order valence-electron chi connectivity index (χ2n) is 13.7. The predicted molar refractivity (Wildman–Crippen MR) is 190 cm³/mol. The highest BCUT2D eigenvalue weighted by molar-refractivity contribution is 5.64. The van der Waals surface area contributed by atoms with E-state index in [-0.39, 0.29) is 53.8 Å². The van der Waals surface area contributed by atoms with Gasteiger partial charge in [0.2, 0.25) is 36.6 Å². The quantitative estimate of drug-likeness (QED) is 0.0973. The van der Waals surface area contributed by atoms with Crippen LogP contribution in [0.2, 0.25) is 0 Å². The van der Waals surface area contributed by atoms with Crippen molar-refractivity contribution in [3.8, 4) is 51.7 Å². The average Bonchev–Trinajstić information content (AvgIpc) is 3.83. The smallest absolute Gasteiger partial charge is 0.231 e. The van der Waals surface area contributed by atoms with E-state index < -0.39 is 0 Å². The van der Waals surface area contributed by atoms with Crippen molar-refractivity contribution in [3.05, 3.63) is 123 Å². The normalized spacial score (nSPS) is 15.0. The highest BCUT2D eigenvalue weighted by Gasteiger charge is 2.27. The van der Waals surface area contributed by atoms with Crippen LogP contribution in [0, 0.1) is 0 Å². The van der Waals surface area contributed by atoms with Gasteiger partial charge in [0.15, 0.2) is 23.0 Å². The summed E-state index contributed by atoms with van der Waals surface area (Å²) < 4.78 is 21.6. The molecule has 5 aromatic rings. The molecule has 0 radical (unpaired) electrons. The topological polar surface area (TPSA) is 138 Å². The molecule has 0 atom stereocenters. The highest BCUT2D eigenvalue weighted by Crippen LogP contribution is 2.50. The summed E-state index contributed by atoms with van der Waals surface area (Å²) in [5.41, 5.74) is 7.81. The van der Waals surface area contributed by atoms with Gasteiger partial charge in [0, 0.05) is 36.8 Å². The third-order valence-corrected chi connectivity index (χ3v) is 10.5. The summed E-state index contributed by atoms with van der Waals surface area (Å²) in [4.78, 5) is 0. The molecule has 1 saturated carbocycles.